The van der Waals surface area contributed by atoms with Crippen molar-refractivity contribution in [3.8, 4) is 0 Å². The summed E-state index contributed by atoms with van der Waals surface area (Å²) in [6.07, 6.45) is 0. The van der Waals surface area contributed by atoms with Crippen LogP contribution < -0.4 is 88.7 Å². The number of hydrogen-bond acceptors (Lipinski definition) is 0. The Bertz CT molecular complexity index is 4.85. The van der Waals surface area contributed by atoms with E-state index in [0.717, 1.165) is 0 Å². The molecule has 0 rings (SSSR count). The summed E-state index contributed by atoms with van der Waals surface area (Å²) in [6.45, 7) is 0. The zero-order valence-electron chi connectivity index (χ0n) is 4.41. The van der Waals surface area contributed by atoms with Crippen molar-refractivity contribution in [2.75, 3.05) is 0 Å². The van der Waals surface area contributed by atoms with E-state index in [-0.39, 0.29) is 128 Å². The van der Waals surface area contributed by atoms with Crippen LogP contribution in [0.25, 0.3) is 0 Å². The maximum absolute atomic E-state index is 0. The first-order chi connectivity index (χ1) is 0. The van der Waals surface area contributed by atoms with Gasteiger partial charge in [0.1, 0.15) is 0 Å². The summed E-state index contributed by atoms with van der Waals surface area (Å²) in [5.74, 6) is 0. The molecule has 0 bridgehead atoms. The molecule has 0 aliphatic rings. The molecule has 0 radical (unpaired) electrons. The summed E-state index contributed by atoms with van der Waals surface area (Å²) >= 11 is 0. The molecule has 0 unspecified atom stereocenters. The Balaban J connectivity index is 0. The average molecular weight is 200 g/mol. The van der Waals surface area contributed by atoms with E-state index in [9.17, 15) is 0 Å². The zero-order chi connectivity index (χ0) is 0. The van der Waals surface area contributed by atoms with Gasteiger partial charge in [-0.25, -0.2) is 0 Å². The van der Waals surface area contributed by atoms with Crippen molar-refractivity contribution in [2.24, 2.45) is 0 Å². The fraction of sp³-hybridized carbons (Fsp3) is 0. The van der Waals surface area contributed by atoms with E-state index < -0.39 is 0 Å². The second kappa shape index (κ2) is 24.0. The molecule has 0 aliphatic heterocycles. The van der Waals surface area contributed by atoms with Crippen molar-refractivity contribution in [1.29, 1.82) is 0 Å². The quantitative estimate of drug-likeness (QED) is 0.340. The van der Waals surface area contributed by atoms with Crippen molar-refractivity contribution >= 4 is 0 Å². The van der Waals surface area contributed by atoms with E-state index in [4.69, 9.17) is 0 Å². The van der Waals surface area contributed by atoms with Crippen LogP contribution in [0.15, 0.2) is 0 Å². The van der Waals surface area contributed by atoms with Crippen molar-refractivity contribution in [2.45, 2.75) is 0 Å². The van der Waals surface area contributed by atoms with Crippen molar-refractivity contribution in [1.82, 2.24) is 0 Å². The van der Waals surface area contributed by atoms with Gasteiger partial charge in [0.25, 0.3) is 0 Å². The molecule has 0 N–H and O–H groups in total. The Morgan fingerprint density at radius 1 is 0.400 bits per heavy atom. The molecule has 0 aromatic heterocycles. The molecule has 0 spiro atoms. The van der Waals surface area contributed by atoms with Crippen molar-refractivity contribution < 1.29 is 128 Å². The standard InChI is InChI=1S/3Na.2Zn/q3*+1;2*+2. The van der Waals surface area contributed by atoms with Gasteiger partial charge in [0, 0.05) is 0 Å². The molecule has 0 nitrogen and oxygen atoms in total. The summed E-state index contributed by atoms with van der Waals surface area (Å²) < 4.78 is 0. The van der Waals surface area contributed by atoms with Crippen molar-refractivity contribution in [3.63, 3.8) is 0 Å². The van der Waals surface area contributed by atoms with Gasteiger partial charge in [-0.15, -0.1) is 0 Å². The van der Waals surface area contributed by atoms with Crippen LogP contribution in [0.4, 0.5) is 0 Å². The maximum Gasteiger partial charge on any atom is 2.00 e. The molecular formula is Na3Zn2+7. The second-order valence-corrected chi connectivity index (χ2v) is 0. The summed E-state index contributed by atoms with van der Waals surface area (Å²) in [5.41, 5.74) is 0. The van der Waals surface area contributed by atoms with Crippen LogP contribution in [0, 0.1) is 0 Å². The third kappa shape index (κ3) is 17.8. The molecule has 0 aromatic carbocycles. The molecule has 0 heterocycles. The molecule has 0 saturated carbocycles. The predicted molar refractivity (Wildman–Crippen MR) is 0 cm³/mol. The minimum atomic E-state index is 0. The van der Waals surface area contributed by atoms with Gasteiger partial charge in [-0.1, -0.05) is 0 Å². The van der Waals surface area contributed by atoms with Crippen LogP contribution in [0.2, 0.25) is 0 Å². The smallest absolute Gasteiger partial charge is 1.00 e. The van der Waals surface area contributed by atoms with Gasteiger partial charge in [0.2, 0.25) is 0 Å². The molecular weight excluding hydrogens is 200 g/mol. The fourth-order valence-electron chi connectivity index (χ4n) is 0. The van der Waals surface area contributed by atoms with E-state index in [1.54, 1.807) is 0 Å². The first kappa shape index (κ1) is 34.9. The van der Waals surface area contributed by atoms with Gasteiger partial charge >= 0.3 is 128 Å². The van der Waals surface area contributed by atoms with Gasteiger partial charge in [-0.05, 0) is 0 Å². The minimum absolute atomic E-state index is 0. The molecule has 0 saturated heterocycles. The molecule has 0 amide bonds. The Labute approximate surface area is 124 Å². The number of rotatable bonds is 0. The second-order valence-electron chi connectivity index (χ2n) is 0. The Morgan fingerprint density at radius 3 is 0.400 bits per heavy atom. The predicted octanol–water partition coefficient (Wildman–Crippen LogP) is -8.99. The Hall–Kier alpha value is 4.25. The monoisotopic (exact) mass is 197 g/mol. The Kier molecular flexibility index (Phi) is 167. The molecule has 0 atom stereocenters. The van der Waals surface area contributed by atoms with E-state index >= 15 is 0 Å². The molecule has 0 fully saturated rings. The third-order valence-corrected chi connectivity index (χ3v) is 0. The normalized spacial score (nSPS) is 0. The van der Waals surface area contributed by atoms with Gasteiger partial charge < -0.3 is 0 Å². The van der Waals surface area contributed by atoms with Crippen LogP contribution in [0.5, 0.6) is 0 Å². The van der Waals surface area contributed by atoms with Crippen molar-refractivity contribution in [3.05, 3.63) is 0 Å². The summed E-state index contributed by atoms with van der Waals surface area (Å²) in [7, 11) is 0. The fourth-order valence-corrected chi connectivity index (χ4v) is 0. The molecule has 0 aromatic rings. The van der Waals surface area contributed by atoms with Gasteiger partial charge in [-0.3, -0.25) is 0 Å². The van der Waals surface area contributed by atoms with E-state index in [1.807, 2.05) is 0 Å². The first-order valence-corrected chi connectivity index (χ1v) is 0. The molecule has 5 heavy (non-hydrogen) atoms. The summed E-state index contributed by atoms with van der Waals surface area (Å²) in [4.78, 5) is 0. The summed E-state index contributed by atoms with van der Waals surface area (Å²) in [5, 5.41) is 0. The first-order valence-electron chi connectivity index (χ1n) is 0. The molecule has 5 heteroatoms. The van der Waals surface area contributed by atoms with E-state index in [0.29, 0.717) is 0 Å². The SMILES string of the molecule is [Na+].[Na+].[Na+].[Zn+2].[Zn+2]. The molecule has 0 aliphatic carbocycles. The van der Waals surface area contributed by atoms with Gasteiger partial charge in [0.15, 0.2) is 0 Å². The van der Waals surface area contributed by atoms with Crippen LogP contribution in [0.1, 0.15) is 0 Å². The van der Waals surface area contributed by atoms with Crippen LogP contribution in [-0.4, -0.2) is 0 Å². The topological polar surface area (TPSA) is 0 Å². The van der Waals surface area contributed by atoms with Crippen LogP contribution >= 0.6 is 0 Å². The number of hydrogen-bond donors (Lipinski definition) is 0. The largest absolute Gasteiger partial charge is 2.00 e. The van der Waals surface area contributed by atoms with Crippen LogP contribution in [0.3, 0.4) is 0 Å². The zero-order valence-corrected chi connectivity index (χ0v) is 16.3. The van der Waals surface area contributed by atoms with E-state index in [2.05, 4.69) is 0 Å². The van der Waals surface area contributed by atoms with Gasteiger partial charge in [0.05, 0.1) is 0 Å². The minimum Gasteiger partial charge on any atom is 1.00 e. The maximum atomic E-state index is 0. The van der Waals surface area contributed by atoms with E-state index in [1.165, 1.54) is 0 Å². The third-order valence-electron chi connectivity index (χ3n) is 0. The van der Waals surface area contributed by atoms with Gasteiger partial charge in [-0.2, -0.15) is 0 Å². The van der Waals surface area contributed by atoms with Crippen LogP contribution in [-0.2, 0) is 39.0 Å². The summed E-state index contributed by atoms with van der Waals surface area (Å²) in [6, 6.07) is 0. The Morgan fingerprint density at radius 2 is 0.400 bits per heavy atom. The molecule has 0 valence electrons. The average Bonchev–Trinajstić information content (AvgIpc) is 0.